The molecule has 0 radical (unpaired) electrons. The van der Waals surface area contributed by atoms with Gasteiger partial charge in [0.05, 0.1) is 18.4 Å². The van der Waals surface area contributed by atoms with E-state index in [2.05, 4.69) is 32.8 Å². The highest BCUT2D eigenvalue weighted by Crippen LogP contribution is 2.33. The van der Waals surface area contributed by atoms with Crippen molar-refractivity contribution in [3.8, 4) is 6.07 Å². The first kappa shape index (κ1) is 21.1. The molecule has 1 fully saturated rings. The van der Waals surface area contributed by atoms with Crippen LogP contribution in [0.4, 0.5) is 5.69 Å². The molecule has 1 aliphatic rings. The van der Waals surface area contributed by atoms with E-state index in [4.69, 9.17) is 14.7 Å². The third kappa shape index (κ3) is 4.69. The molecule has 156 valence electrons. The maximum atomic E-state index is 12.8. The second-order valence-electron chi connectivity index (χ2n) is 7.54. The lowest BCUT2D eigenvalue weighted by Crippen LogP contribution is -2.51. The number of hydrogen-bond donors (Lipinski definition) is 1. The maximum absolute atomic E-state index is 12.8. The van der Waals surface area contributed by atoms with E-state index in [9.17, 15) is 4.79 Å². The Bertz CT molecular complexity index is 875. The summed E-state index contributed by atoms with van der Waals surface area (Å²) >= 11 is 0. The van der Waals surface area contributed by atoms with Crippen molar-refractivity contribution in [3.63, 3.8) is 0 Å². The Balaban J connectivity index is 1.91. The lowest BCUT2D eigenvalue weighted by molar-refractivity contribution is 0.0388. The molecule has 1 aliphatic heterocycles. The number of nitrogens with one attached hydrogen (secondary N) is 1. The van der Waals surface area contributed by atoms with Crippen LogP contribution in [-0.2, 0) is 9.47 Å². The summed E-state index contributed by atoms with van der Waals surface area (Å²) in [5.74, 6) is 0.0575. The molecule has 1 saturated heterocycles. The average molecular weight is 399 g/mol. The maximum Gasteiger partial charge on any atom is 0.341 e. The average Bonchev–Trinajstić information content (AvgIpc) is 3.21. The van der Waals surface area contributed by atoms with Crippen molar-refractivity contribution in [1.82, 2.24) is 14.9 Å². The summed E-state index contributed by atoms with van der Waals surface area (Å²) in [7, 11) is 3.60. The van der Waals surface area contributed by atoms with Gasteiger partial charge in [0.2, 0.25) is 0 Å². The van der Waals surface area contributed by atoms with Crippen LogP contribution >= 0.6 is 0 Å². The van der Waals surface area contributed by atoms with Crippen molar-refractivity contribution < 1.29 is 14.3 Å². The first-order valence-electron chi connectivity index (χ1n) is 10.0. The number of pyridine rings is 1. The SMILES string of the molecule is COCCOC(=O)c1cnc2[nH]ccc2c1N(C)C1CN(CCC#N)CCC1C. The van der Waals surface area contributed by atoms with E-state index in [0.717, 1.165) is 42.8 Å². The van der Waals surface area contributed by atoms with Gasteiger partial charge in [-0.15, -0.1) is 0 Å². The van der Waals surface area contributed by atoms with E-state index in [0.29, 0.717) is 24.5 Å². The summed E-state index contributed by atoms with van der Waals surface area (Å²) in [6, 6.07) is 4.39. The fourth-order valence-electron chi connectivity index (χ4n) is 4.01. The monoisotopic (exact) mass is 399 g/mol. The quantitative estimate of drug-likeness (QED) is 0.538. The van der Waals surface area contributed by atoms with Crippen LogP contribution in [0.15, 0.2) is 18.5 Å². The van der Waals surface area contributed by atoms with E-state index in [1.807, 2.05) is 19.3 Å². The van der Waals surface area contributed by atoms with Gasteiger partial charge >= 0.3 is 5.97 Å². The number of carbonyl (C=O) groups is 1. The van der Waals surface area contributed by atoms with Gasteiger partial charge in [0.15, 0.2) is 0 Å². The Morgan fingerprint density at radius 2 is 2.31 bits per heavy atom. The molecule has 2 aromatic heterocycles. The van der Waals surface area contributed by atoms with Crippen molar-refractivity contribution in [2.24, 2.45) is 5.92 Å². The fraction of sp³-hybridized carbons (Fsp3) is 0.571. The number of esters is 1. The van der Waals surface area contributed by atoms with Crippen molar-refractivity contribution in [2.45, 2.75) is 25.8 Å². The second kappa shape index (κ2) is 9.72. The molecule has 29 heavy (non-hydrogen) atoms. The Morgan fingerprint density at radius 1 is 1.48 bits per heavy atom. The molecular formula is C21H29N5O3. The van der Waals surface area contributed by atoms with Gasteiger partial charge in [-0.1, -0.05) is 6.92 Å². The van der Waals surface area contributed by atoms with E-state index in [1.165, 1.54) is 0 Å². The van der Waals surface area contributed by atoms with Gasteiger partial charge in [-0.05, 0) is 24.9 Å². The number of aromatic amines is 1. The Morgan fingerprint density at radius 3 is 3.07 bits per heavy atom. The number of H-pyrrole nitrogens is 1. The van der Waals surface area contributed by atoms with E-state index < -0.39 is 5.97 Å². The molecule has 3 heterocycles. The van der Waals surface area contributed by atoms with E-state index in [-0.39, 0.29) is 12.6 Å². The molecule has 3 rings (SSSR count). The standard InChI is InChI=1S/C21H29N5O3/c1-15-6-10-26(9-4-7-22)14-18(15)25(2)19-16-5-8-23-20(16)24-13-17(19)21(27)29-12-11-28-3/h5,8,13,15,18H,4,6,9-12,14H2,1-3H3,(H,23,24). The number of carbonyl (C=O) groups excluding carboxylic acids is 1. The molecule has 0 aromatic carbocycles. The van der Waals surface area contributed by atoms with Crippen LogP contribution in [0.2, 0.25) is 0 Å². The van der Waals surface area contributed by atoms with Gasteiger partial charge in [-0.2, -0.15) is 5.26 Å². The minimum absolute atomic E-state index is 0.200. The van der Waals surface area contributed by atoms with Crippen molar-refractivity contribution in [2.75, 3.05) is 51.9 Å². The van der Waals surface area contributed by atoms with Crippen LogP contribution in [0, 0.1) is 17.2 Å². The predicted molar refractivity (Wildman–Crippen MR) is 111 cm³/mol. The molecule has 2 aromatic rings. The molecule has 2 unspecified atom stereocenters. The smallest absolute Gasteiger partial charge is 0.341 e. The van der Waals surface area contributed by atoms with Crippen LogP contribution < -0.4 is 4.90 Å². The normalized spacial score (nSPS) is 19.8. The molecule has 1 N–H and O–H groups in total. The van der Waals surface area contributed by atoms with Crippen LogP contribution in [0.3, 0.4) is 0 Å². The van der Waals surface area contributed by atoms with Crippen LogP contribution in [0.25, 0.3) is 11.0 Å². The zero-order valence-electron chi connectivity index (χ0n) is 17.4. The number of anilines is 1. The molecule has 0 saturated carbocycles. The van der Waals surface area contributed by atoms with E-state index in [1.54, 1.807) is 13.3 Å². The molecule has 0 aliphatic carbocycles. The van der Waals surface area contributed by atoms with Gasteiger partial charge in [-0.25, -0.2) is 9.78 Å². The number of methoxy groups -OCH3 is 1. The fourth-order valence-corrected chi connectivity index (χ4v) is 4.01. The van der Waals surface area contributed by atoms with Gasteiger partial charge in [0, 0.05) is 57.5 Å². The summed E-state index contributed by atoms with van der Waals surface area (Å²) in [5.41, 5.74) is 2.03. The summed E-state index contributed by atoms with van der Waals surface area (Å²) in [6.45, 7) is 5.42. The zero-order valence-corrected chi connectivity index (χ0v) is 17.4. The molecule has 0 bridgehead atoms. The van der Waals surface area contributed by atoms with Crippen molar-refractivity contribution >= 4 is 22.7 Å². The van der Waals surface area contributed by atoms with Gasteiger partial charge in [-0.3, -0.25) is 0 Å². The number of rotatable bonds is 8. The zero-order chi connectivity index (χ0) is 20.8. The molecular weight excluding hydrogens is 370 g/mol. The first-order valence-corrected chi connectivity index (χ1v) is 10.0. The number of aromatic nitrogens is 2. The van der Waals surface area contributed by atoms with Gasteiger partial charge in [0.25, 0.3) is 0 Å². The minimum atomic E-state index is -0.399. The number of fused-ring (bicyclic) bond motifs is 1. The third-order valence-corrected chi connectivity index (χ3v) is 5.69. The highest BCUT2D eigenvalue weighted by Gasteiger charge is 2.32. The highest BCUT2D eigenvalue weighted by molar-refractivity contribution is 6.04. The van der Waals surface area contributed by atoms with Gasteiger partial charge < -0.3 is 24.3 Å². The third-order valence-electron chi connectivity index (χ3n) is 5.69. The molecule has 0 spiro atoms. The van der Waals surface area contributed by atoms with Crippen LogP contribution in [-0.4, -0.2) is 73.9 Å². The van der Waals surface area contributed by atoms with E-state index >= 15 is 0 Å². The summed E-state index contributed by atoms with van der Waals surface area (Å²) < 4.78 is 10.4. The number of likely N-dealkylation sites (N-methyl/N-ethyl adjacent to an activating group) is 1. The number of nitrogens with zero attached hydrogens (tertiary/aromatic N) is 4. The lowest BCUT2D eigenvalue weighted by atomic mass is 9.91. The molecule has 2 atom stereocenters. The van der Waals surface area contributed by atoms with Crippen LogP contribution in [0.5, 0.6) is 0 Å². The minimum Gasteiger partial charge on any atom is -0.460 e. The van der Waals surface area contributed by atoms with Crippen molar-refractivity contribution in [3.05, 3.63) is 24.0 Å². The lowest BCUT2D eigenvalue weighted by Gasteiger charge is -2.43. The van der Waals surface area contributed by atoms with Crippen molar-refractivity contribution in [1.29, 1.82) is 5.26 Å². The summed E-state index contributed by atoms with van der Waals surface area (Å²) in [4.78, 5) is 24.8. The highest BCUT2D eigenvalue weighted by atomic mass is 16.6. The summed E-state index contributed by atoms with van der Waals surface area (Å²) in [6.07, 6.45) is 4.99. The number of piperidine rings is 1. The predicted octanol–water partition coefficient (Wildman–Crippen LogP) is 2.43. The largest absolute Gasteiger partial charge is 0.460 e. The summed E-state index contributed by atoms with van der Waals surface area (Å²) in [5, 5.41) is 9.82. The molecule has 0 amide bonds. The number of ether oxygens (including phenoxy) is 2. The Labute approximate surface area is 171 Å². The topological polar surface area (TPSA) is 94.5 Å². The number of likely N-dealkylation sites (tertiary alicyclic amines) is 1. The molecule has 8 nitrogen and oxygen atoms in total. The number of nitriles is 1. The van der Waals surface area contributed by atoms with Crippen LogP contribution in [0.1, 0.15) is 30.1 Å². The molecule has 8 heteroatoms. The van der Waals surface area contributed by atoms with Gasteiger partial charge in [0.1, 0.15) is 17.8 Å². The Hall–Kier alpha value is -2.63. The Kier molecular flexibility index (Phi) is 7.07. The number of hydrogen-bond acceptors (Lipinski definition) is 7. The first-order chi connectivity index (χ1) is 14.1. The second-order valence-corrected chi connectivity index (χ2v) is 7.54.